The van der Waals surface area contributed by atoms with Crippen molar-refractivity contribution >= 4 is 22.1 Å². The average Bonchev–Trinajstić information content (AvgIpc) is 3.34. The minimum absolute atomic E-state index is 0.0374. The standard InChI is InChI=1S/C27H34F2N4/c1-4-7-10-21(26-30-22-13-11-20(29)18-25(22)33(26)16-9-6-3)27-31-23-17-19(28)12-14-24(23)32(27)15-8-5-2/h11-14,17-18,21H,4-10,15-16H2,1-3H3. The number of halogens is 2. The summed E-state index contributed by atoms with van der Waals surface area (Å²) in [6.07, 6.45) is 7.11. The molecule has 0 fully saturated rings. The Morgan fingerprint density at radius 1 is 0.697 bits per heavy atom. The second-order valence-corrected chi connectivity index (χ2v) is 8.91. The van der Waals surface area contributed by atoms with E-state index >= 15 is 0 Å². The van der Waals surface area contributed by atoms with E-state index in [2.05, 4.69) is 29.9 Å². The minimum Gasteiger partial charge on any atom is -0.327 e. The van der Waals surface area contributed by atoms with Crippen LogP contribution in [0.4, 0.5) is 8.78 Å². The van der Waals surface area contributed by atoms with Gasteiger partial charge in [0.2, 0.25) is 0 Å². The molecule has 176 valence electrons. The molecule has 4 aromatic rings. The van der Waals surface area contributed by atoms with Gasteiger partial charge < -0.3 is 9.13 Å². The monoisotopic (exact) mass is 452 g/mol. The van der Waals surface area contributed by atoms with Crippen molar-refractivity contribution in [2.45, 2.75) is 84.7 Å². The lowest BCUT2D eigenvalue weighted by molar-refractivity contribution is 0.517. The third kappa shape index (κ3) is 4.80. The van der Waals surface area contributed by atoms with Crippen molar-refractivity contribution in [1.82, 2.24) is 19.1 Å². The number of nitrogens with zero attached hydrogens (tertiary/aromatic N) is 4. The van der Waals surface area contributed by atoms with Gasteiger partial charge in [-0.3, -0.25) is 0 Å². The van der Waals surface area contributed by atoms with E-state index in [1.807, 2.05) is 6.07 Å². The van der Waals surface area contributed by atoms with Crippen LogP contribution < -0.4 is 0 Å². The lowest BCUT2D eigenvalue weighted by Gasteiger charge is -2.20. The number of aromatic nitrogens is 4. The molecule has 4 rings (SSSR count). The summed E-state index contributed by atoms with van der Waals surface area (Å²) < 4.78 is 32.6. The van der Waals surface area contributed by atoms with Crippen LogP contribution in [-0.4, -0.2) is 19.1 Å². The summed E-state index contributed by atoms with van der Waals surface area (Å²) in [5, 5.41) is 0. The molecule has 4 nitrogen and oxygen atoms in total. The first kappa shape index (κ1) is 23.4. The van der Waals surface area contributed by atoms with Crippen LogP contribution in [0.2, 0.25) is 0 Å². The number of imidazole rings is 2. The lowest BCUT2D eigenvalue weighted by Crippen LogP contribution is -2.16. The van der Waals surface area contributed by atoms with Crippen molar-refractivity contribution in [2.75, 3.05) is 0 Å². The third-order valence-electron chi connectivity index (χ3n) is 6.42. The summed E-state index contributed by atoms with van der Waals surface area (Å²) in [6.45, 7) is 8.14. The largest absolute Gasteiger partial charge is 0.327 e. The highest BCUT2D eigenvalue weighted by Crippen LogP contribution is 2.34. The number of unbranched alkanes of at least 4 members (excludes halogenated alkanes) is 3. The van der Waals surface area contributed by atoms with E-state index in [0.717, 1.165) is 86.2 Å². The molecular formula is C27H34F2N4. The van der Waals surface area contributed by atoms with E-state index in [0.29, 0.717) is 5.52 Å². The Balaban J connectivity index is 1.92. The molecule has 2 heterocycles. The number of rotatable bonds is 11. The molecule has 1 atom stereocenters. The Hall–Kier alpha value is -2.76. The zero-order valence-corrected chi connectivity index (χ0v) is 20.0. The first-order valence-electron chi connectivity index (χ1n) is 12.4. The maximum atomic E-state index is 14.2. The van der Waals surface area contributed by atoms with Crippen molar-refractivity contribution in [3.05, 3.63) is 59.7 Å². The topological polar surface area (TPSA) is 35.6 Å². The lowest BCUT2D eigenvalue weighted by atomic mass is 9.99. The normalized spacial score (nSPS) is 12.8. The van der Waals surface area contributed by atoms with Crippen LogP contribution in [0, 0.1) is 11.6 Å². The molecule has 0 saturated heterocycles. The number of benzene rings is 2. The molecule has 0 saturated carbocycles. The Labute approximate surface area is 194 Å². The first-order chi connectivity index (χ1) is 16.1. The molecule has 0 bridgehead atoms. The van der Waals surface area contributed by atoms with Crippen LogP contribution in [0.15, 0.2) is 36.4 Å². The van der Waals surface area contributed by atoms with Gasteiger partial charge in [0.25, 0.3) is 0 Å². The number of hydrogen-bond donors (Lipinski definition) is 0. The van der Waals surface area contributed by atoms with E-state index in [4.69, 9.17) is 9.97 Å². The van der Waals surface area contributed by atoms with Crippen molar-refractivity contribution in [1.29, 1.82) is 0 Å². The minimum atomic E-state index is -0.273. The molecule has 0 spiro atoms. The smallest absolute Gasteiger partial charge is 0.125 e. The van der Waals surface area contributed by atoms with Gasteiger partial charge in [0.05, 0.1) is 28.0 Å². The summed E-state index contributed by atoms with van der Waals surface area (Å²) in [7, 11) is 0. The second-order valence-electron chi connectivity index (χ2n) is 8.91. The maximum Gasteiger partial charge on any atom is 0.125 e. The van der Waals surface area contributed by atoms with E-state index in [9.17, 15) is 8.78 Å². The maximum absolute atomic E-state index is 14.2. The number of fused-ring (bicyclic) bond motifs is 2. The molecule has 0 radical (unpaired) electrons. The highest BCUT2D eigenvalue weighted by molar-refractivity contribution is 5.78. The van der Waals surface area contributed by atoms with Gasteiger partial charge >= 0.3 is 0 Å². The van der Waals surface area contributed by atoms with E-state index in [-0.39, 0.29) is 17.6 Å². The summed E-state index contributed by atoms with van der Waals surface area (Å²) in [6, 6.07) is 9.70. The summed E-state index contributed by atoms with van der Waals surface area (Å²) in [5.41, 5.74) is 3.29. The predicted molar refractivity (Wildman–Crippen MR) is 131 cm³/mol. The molecule has 0 aliphatic carbocycles. The molecule has 0 amide bonds. The molecule has 2 aromatic heterocycles. The summed E-state index contributed by atoms with van der Waals surface area (Å²) in [5.74, 6) is 1.31. The van der Waals surface area contributed by atoms with Gasteiger partial charge in [-0.1, -0.05) is 46.5 Å². The SMILES string of the molecule is CCCCC(c1nc2cc(F)ccc2n1CCCC)c1nc2ccc(F)cc2n1CCCC. The Morgan fingerprint density at radius 3 is 1.94 bits per heavy atom. The Morgan fingerprint density at radius 2 is 1.27 bits per heavy atom. The first-order valence-corrected chi connectivity index (χ1v) is 12.4. The van der Waals surface area contributed by atoms with E-state index < -0.39 is 0 Å². The van der Waals surface area contributed by atoms with Gasteiger partial charge in [0.1, 0.15) is 23.3 Å². The fourth-order valence-electron chi connectivity index (χ4n) is 4.65. The molecule has 1 unspecified atom stereocenters. The zero-order chi connectivity index (χ0) is 23.4. The van der Waals surface area contributed by atoms with Gasteiger partial charge in [0, 0.05) is 19.2 Å². The zero-order valence-electron chi connectivity index (χ0n) is 20.0. The fourth-order valence-corrected chi connectivity index (χ4v) is 4.65. The molecular weight excluding hydrogens is 418 g/mol. The third-order valence-corrected chi connectivity index (χ3v) is 6.42. The molecule has 0 aliphatic rings. The van der Waals surface area contributed by atoms with Crippen LogP contribution in [0.1, 0.15) is 83.3 Å². The average molecular weight is 453 g/mol. The van der Waals surface area contributed by atoms with Crippen molar-refractivity contribution < 1.29 is 8.78 Å². The second kappa shape index (κ2) is 10.4. The number of hydrogen-bond acceptors (Lipinski definition) is 2. The molecule has 0 aliphatic heterocycles. The summed E-state index contributed by atoms with van der Waals surface area (Å²) >= 11 is 0. The van der Waals surface area contributed by atoms with Crippen molar-refractivity contribution in [2.24, 2.45) is 0 Å². The molecule has 2 aromatic carbocycles. The molecule has 6 heteroatoms. The van der Waals surface area contributed by atoms with Crippen molar-refractivity contribution in [3.8, 4) is 0 Å². The van der Waals surface area contributed by atoms with Crippen LogP contribution >= 0.6 is 0 Å². The van der Waals surface area contributed by atoms with Gasteiger partial charge in [-0.2, -0.15) is 0 Å². The van der Waals surface area contributed by atoms with Crippen LogP contribution in [0.5, 0.6) is 0 Å². The predicted octanol–water partition coefficient (Wildman–Crippen LogP) is 7.59. The van der Waals surface area contributed by atoms with Crippen molar-refractivity contribution in [3.63, 3.8) is 0 Å². The Kier molecular flexibility index (Phi) is 7.41. The highest BCUT2D eigenvalue weighted by atomic mass is 19.1. The quantitative estimate of drug-likeness (QED) is 0.235. The van der Waals surface area contributed by atoms with Gasteiger partial charge in [0.15, 0.2) is 0 Å². The Bertz CT molecular complexity index is 1220. The van der Waals surface area contributed by atoms with Gasteiger partial charge in [-0.05, 0) is 49.6 Å². The molecule has 33 heavy (non-hydrogen) atoms. The highest BCUT2D eigenvalue weighted by Gasteiger charge is 2.27. The van der Waals surface area contributed by atoms with Crippen LogP contribution in [0.3, 0.4) is 0 Å². The van der Waals surface area contributed by atoms with E-state index in [1.54, 1.807) is 12.1 Å². The fraction of sp³-hybridized carbons (Fsp3) is 0.481. The van der Waals surface area contributed by atoms with Crippen LogP contribution in [-0.2, 0) is 13.1 Å². The number of aryl methyl sites for hydroxylation is 2. The molecule has 0 N–H and O–H groups in total. The summed E-state index contributed by atoms with van der Waals surface area (Å²) in [4.78, 5) is 9.98. The van der Waals surface area contributed by atoms with E-state index in [1.165, 1.54) is 18.2 Å². The van der Waals surface area contributed by atoms with Crippen LogP contribution in [0.25, 0.3) is 22.1 Å². The van der Waals surface area contributed by atoms with Gasteiger partial charge in [-0.15, -0.1) is 0 Å². The van der Waals surface area contributed by atoms with Gasteiger partial charge in [-0.25, -0.2) is 18.7 Å².